The van der Waals surface area contributed by atoms with Crippen molar-refractivity contribution in [2.45, 2.75) is 18.8 Å². The van der Waals surface area contributed by atoms with E-state index < -0.39 is 18.3 Å². The van der Waals surface area contributed by atoms with Crippen molar-refractivity contribution in [1.82, 2.24) is 20.9 Å². The molecule has 8 nitrogen and oxygen atoms in total. The van der Waals surface area contributed by atoms with Gasteiger partial charge in [0.1, 0.15) is 12.3 Å². The third-order valence-corrected chi connectivity index (χ3v) is 2.32. The van der Waals surface area contributed by atoms with E-state index in [0.717, 1.165) is 0 Å². The van der Waals surface area contributed by atoms with Gasteiger partial charge in [-0.25, -0.2) is 9.59 Å². The van der Waals surface area contributed by atoms with Gasteiger partial charge in [-0.3, -0.25) is 9.69 Å². The van der Waals surface area contributed by atoms with Crippen LogP contribution in [-0.2, 0) is 4.79 Å². The van der Waals surface area contributed by atoms with Crippen LogP contribution in [0.5, 0.6) is 0 Å². The molecule has 0 unspecified atom stereocenters. The molecule has 15 heavy (non-hydrogen) atoms. The van der Waals surface area contributed by atoms with Gasteiger partial charge in [0.25, 0.3) is 0 Å². The third kappa shape index (κ3) is 1.65. The van der Waals surface area contributed by atoms with Crippen LogP contribution in [-0.4, -0.2) is 46.9 Å². The molecule has 0 saturated carbocycles. The minimum absolute atomic E-state index is 0.0737. The molecule has 2 aliphatic heterocycles. The molecule has 2 heterocycles. The zero-order chi connectivity index (χ0) is 11.0. The predicted octanol–water partition coefficient (Wildman–Crippen LogP) is -1.55. The first-order valence-corrected chi connectivity index (χ1v) is 4.44. The maximum Gasteiger partial charge on any atom is 0.320 e. The highest BCUT2D eigenvalue weighted by Gasteiger charge is 2.45. The lowest BCUT2D eigenvalue weighted by Crippen LogP contribution is -2.44. The molecule has 0 aromatic heterocycles. The Morgan fingerprint density at radius 1 is 1.33 bits per heavy atom. The number of carbonyl (C=O) groups excluding carboxylic acids is 2. The molecular weight excluding hydrogens is 204 g/mol. The van der Waals surface area contributed by atoms with Crippen LogP contribution in [0.1, 0.15) is 6.42 Å². The van der Waals surface area contributed by atoms with E-state index in [9.17, 15) is 14.4 Å². The van der Waals surface area contributed by atoms with Crippen LogP contribution in [0.25, 0.3) is 0 Å². The Kier molecular flexibility index (Phi) is 2.10. The van der Waals surface area contributed by atoms with E-state index >= 15 is 0 Å². The first kappa shape index (κ1) is 9.56. The van der Waals surface area contributed by atoms with Gasteiger partial charge in [-0.15, -0.1) is 0 Å². The second kappa shape index (κ2) is 3.30. The van der Waals surface area contributed by atoms with Crippen molar-refractivity contribution in [1.29, 1.82) is 0 Å². The number of hydrogen-bond acceptors (Lipinski definition) is 3. The van der Waals surface area contributed by atoms with Crippen molar-refractivity contribution in [3.63, 3.8) is 0 Å². The summed E-state index contributed by atoms with van der Waals surface area (Å²) in [4.78, 5) is 33.9. The number of amides is 4. The van der Waals surface area contributed by atoms with E-state index in [-0.39, 0.29) is 25.0 Å². The van der Waals surface area contributed by atoms with Crippen LogP contribution in [0.15, 0.2) is 0 Å². The van der Waals surface area contributed by atoms with Gasteiger partial charge in [0.05, 0.1) is 6.42 Å². The fraction of sp³-hybridized carbons (Fsp3) is 0.571. The van der Waals surface area contributed by atoms with Gasteiger partial charge in [0.15, 0.2) is 0 Å². The molecule has 0 bridgehead atoms. The van der Waals surface area contributed by atoms with Gasteiger partial charge in [-0.2, -0.15) is 0 Å². The fourth-order valence-corrected chi connectivity index (χ4v) is 1.65. The molecule has 4 N–H and O–H groups in total. The Morgan fingerprint density at radius 2 is 2.07 bits per heavy atom. The topological polar surface area (TPSA) is 111 Å². The third-order valence-electron chi connectivity index (χ3n) is 2.32. The molecule has 2 rings (SSSR count). The number of urea groups is 2. The standard InChI is InChI=1S/C7H10N4O4/c12-3(13)1-2-11-5-4(9-7(11)15)8-6(14)10-5/h4-5H,1-2H2,(H,9,15)(H,12,13)(H2,8,10,14)/t4-,5-/m0/s1. The highest BCUT2D eigenvalue weighted by Crippen LogP contribution is 2.13. The summed E-state index contributed by atoms with van der Waals surface area (Å²) >= 11 is 0. The van der Waals surface area contributed by atoms with E-state index in [4.69, 9.17) is 5.11 Å². The van der Waals surface area contributed by atoms with E-state index in [1.165, 1.54) is 4.90 Å². The van der Waals surface area contributed by atoms with Crippen molar-refractivity contribution in [3.05, 3.63) is 0 Å². The number of rotatable bonds is 3. The largest absolute Gasteiger partial charge is 0.481 e. The maximum absolute atomic E-state index is 11.3. The first-order valence-electron chi connectivity index (χ1n) is 4.44. The fourth-order valence-electron chi connectivity index (χ4n) is 1.65. The van der Waals surface area contributed by atoms with Crippen LogP contribution in [0.2, 0.25) is 0 Å². The number of hydrogen-bond donors (Lipinski definition) is 4. The Labute approximate surface area is 84.6 Å². The highest BCUT2D eigenvalue weighted by atomic mass is 16.4. The van der Waals surface area contributed by atoms with Crippen molar-refractivity contribution in [2.24, 2.45) is 0 Å². The molecule has 2 fully saturated rings. The summed E-state index contributed by atoms with van der Waals surface area (Å²) in [5.74, 6) is -0.983. The second-order valence-electron chi connectivity index (χ2n) is 3.33. The lowest BCUT2D eigenvalue weighted by Gasteiger charge is -2.19. The highest BCUT2D eigenvalue weighted by molar-refractivity contribution is 5.85. The first-order chi connectivity index (χ1) is 7.08. The molecule has 2 atom stereocenters. The minimum Gasteiger partial charge on any atom is -0.481 e. The molecule has 2 saturated heterocycles. The number of carbonyl (C=O) groups is 3. The van der Waals surface area contributed by atoms with E-state index in [1.807, 2.05) is 0 Å². The van der Waals surface area contributed by atoms with E-state index in [2.05, 4.69) is 16.0 Å². The number of carboxylic acid groups (broad SMARTS) is 1. The average Bonchev–Trinajstić information content (AvgIpc) is 2.57. The SMILES string of the molecule is O=C(O)CCN1C(=O)N[C@@H]2NC(=O)N[C@H]21. The molecule has 0 aliphatic carbocycles. The molecule has 2 aliphatic rings. The monoisotopic (exact) mass is 214 g/mol. The van der Waals surface area contributed by atoms with Crippen molar-refractivity contribution in [3.8, 4) is 0 Å². The van der Waals surface area contributed by atoms with Gasteiger partial charge in [0.2, 0.25) is 0 Å². The molecule has 82 valence electrons. The van der Waals surface area contributed by atoms with E-state index in [1.54, 1.807) is 0 Å². The number of nitrogens with one attached hydrogen (secondary N) is 3. The quantitative estimate of drug-likeness (QED) is 0.455. The van der Waals surface area contributed by atoms with Crippen LogP contribution in [0, 0.1) is 0 Å². The number of fused-ring (bicyclic) bond motifs is 1. The molecule has 0 aromatic carbocycles. The molecule has 4 amide bonds. The molecule has 0 radical (unpaired) electrons. The summed E-state index contributed by atoms with van der Waals surface area (Å²) in [7, 11) is 0. The molecule has 0 spiro atoms. The lowest BCUT2D eigenvalue weighted by molar-refractivity contribution is -0.137. The Bertz CT molecular complexity index is 331. The zero-order valence-corrected chi connectivity index (χ0v) is 7.69. The van der Waals surface area contributed by atoms with Crippen molar-refractivity contribution < 1.29 is 19.5 Å². The van der Waals surface area contributed by atoms with Gasteiger partial charge in [0, 0.05) is 6.54 Å². The summed E-state index contributed by atoms with van der Waals surface area (Å²) in [6.07, 6.45) is -1.12. The zero-order valence-electron chi connectivity index (χ0n) is 7.69. The summed E-state index contributed by atoms with van der Waals surface area (Å²) in [6, 6.07) is -0.746. The second-order valence-corrected chi connectivity index (χ2v) is 3.33. The van der Waals surface area contributed by atoms with Gasteiger partial charge < -0.3 is 21.1 Å². The van der Waals surface area contributed by atoms with Gasteiger partial charge >= 0.3 is 18.0 Å². The summed E-state index contributed by atoms with van der Waals surface area (Å²) < 4.78 is 0. The molecular formula is C7H10N4O4. The Balaban J connectivity index is 2.00. The normalized spacial score (nSPS) is 28.1. The Morgan fingerprint density at radius 3 is 2.73 bits per heavy atom. The average molecular weight is 214 g/mol. The van der Waals surface area contributed by atoms with Crippen LogP contribution in [0.4, 0.5) is 9.59 Å². The smallest absolute Gasteiger partial charge is 0.320 e. The number of nitrogens with zero attached hydrogens (tertiary/aromatic N) is 1. The van der Waals surface area contributed by atoms with E-state index in [0.29, 0.717) is 0 Å². The van der Waals surface area contributed by atoms with Crippen LogP contribution < -0.4 is 16.0 Å². The van der Waals surface area contributed by atoms with Crippen LogP contribution >= 0.6 is 0 Å². The minimum atomic E-state index is -0.983. The summed E-state index contributed by atoms with van der Waals surface area (Å²) in [6.45, 7) is 0.0737. The predicted molar refractivity (Wildman–Crippen MR) is 46.7 cm³/mol. The summed E-state index contributed by atoms with van der Waals surface area (Å²) in [5.41, 5.74) is 0. The number of aliphatic carboxylic acids is 1. The summed E-state index contributed by atoms with van der Waals surface area (Å²) in [5, 5.41) is 16.0. The maximum atomic E-state index is 11.3. The van der Waals surface area contributed by atoms with Gasteiger partial charge in [-0.1, -0.05) is 0 Å². The lowest BCUT2D eigenvalue weighted by atomic mass is 10.3. The number of carboxylic acids is 1. The molecule has 8 heteroatoms. The van der Waals surface area contributed by atoms with Crippen molar-refractivity contribution in [2.75, 3.05) is 6.54 Å². The molecule has 0 aromatic rings. The van der Waals surface area contributed by atoms with Gasteiger partial charge in [-0.05, 0) is 0 Å². The van der Waals surface area contributed by atoms with Crippen LogP contribution in [0.3, 0.4) is 0 Å². The Hall–Kier alpha value is -1.99. The van der Waals surface area contributed by atoms with Crippen molar-refractivity contribution >= 4 is 18.0 Å².